The summed E-state index contributed by atoms with van der Waals surface area (Å²) in [5, 5.41) is 13.7. The molecule has 0 aliphatic rings. The first-order valence-electron chi connectivity index (χ1n) is 7.33. The molecule has 0 unspecified atom stereocenters. The van der Waals surface area contributed by atoms with Gasteiger partial charge in [0.1, 0.15) is 11.6 Å². The van der Waals surface area contributed by atoms with Crippen LogP contribution >= 0.6 is 11.6 Å². The summed E-state index contributed by atoms with van der Waals surface area (Å²) in [5.74, 6) is -0.843. The number of benzene rings is 2. The standard InChI is InChI=1S/C18H13ClF3N3O/c1-11-4-2-3-5-16(11)24-10-12(9-23)17(26)25-13-6-7-15(19)14(8-13)18(20,21)22/h2-8,10,24H,1H3,(H,25,26)/b12-10-. The Labute approximate surface area is 152 Å². The highest BCUT2D eigenvalue weighted by molar-refractivity contribution is 6.31. The predicted molar refractivity (Wildman–Crippen MR) is 93.6 cm³/mol. The molecule has 0 aromatic heterocycles. The second-order valence-corrected chi connectivity index (χ2v) is 5.68. The van der Waals surface area contributed by atoms with Crippen LogP contribution in [0.3, 0.4) is 0 Å². The van der Waals surface area contributed by atoms with Gasteiger partial charge in [0.2, 0.25) is 0 Å². The molecule has 2 aromatic carbocycles. The van der Waals surface area contributed by atoms with Gasteiger partial charge in [-0.15, -0.1) is 0 Å². The lowest BCUT2D eigenvalue weighted by atomic mass is 10.1. The third kappa shape index (κ3) is 4.77. The second kappa shape index (κ2) is 7.93. The summed E-state index contributed by atoms with van der Waals surface area (Å²) < 4.78 is 38.6. The van der Waals surface area contributed by atoms with Crippen molar-refractivity contribution in [1.82, 2.24) is 0 Å². The van der Waals surface area contributed by atoms with E-state index in [4.69, 9.17) is 16.9 Å². The van der Waals surface area contributed by atoms with Gasteiger partial charge in [0.15, 0.2) is 0 Å². The summed E-state index contributed by atoms with van der Waals surface area (Å²) >= 11 is 5.53. The first kappa shape index (κ1) is 19.3. The molecule has 2 N–H and O–H groups in total. The maximum atomic E-state index is 12.9. The first-order valence-corrected chi connectivity index (χ1v) is 7.70. The Bertz CT molecular complexity index is 901. The topological polar surface area (TPSA) is 64.9 Å². The van der Waals surface area contributed by atoms with Crippen molar-refractivity contribution in [3.8, 4) is 6.07 Å². The molecule has 0 saturated heterocycles. The predicted octanol–water partition coefficient (Wildman–Crippen LogP) is 5.13. The fraction of sp³-hybridized carbons (Fsp3) is 0.111. The average molecular weight is 380 g/mol. The number of nitriles is 1. The van der Waals surface area contributed by atoms with E-state index in [9.17, 15) is 18.0 Å². The Morgan fingerprint density at radius 3 is 2.54 bits per heavy atom. The number of nitrogens with one attached hydrogen (secondary N) is 2. The Morgan fingerprint density at radius 2 is 1.92 bits per heavy atom. The van der Waals surface area contributed by atoms with Gasteiger partial charge in [0.25, 0.3) is 5.91 Å². The zero-order valence-electron chi connectivity index (χ0n) is 13.5. The van der Waals surface area contributed by atoms with Crippen LogP contribution in [-0.4, -0.2) is 5.91 Å². The maximum absolute atomic E-state index is 12.9. The zero-order valence-corrected chi connectivity index (χ0v) is 14.2. The molecule has 0 radical (unpaired) electrons. The van der Waals surface area contributed by atoms with Crippen molar-refractivity contribution in [2.24, 2.45) is 0 Å². The van der Waals surface area contributed by atoms with Gasteiger partial charge in [-0.05, 0) is 36.8 Å². The van der Waals surface area contributed by atoms with E-state index in [1.807, 2.05) is 19.1 Å². The van der Waals surface area contributed by atoms with Gasteiger partial charge in [-0.25, -0.2) is 0 Å². The van der Waals surface area contributed by atoms with Gasteiger partial charge in [-0.3, -0.25) is 4.79 Å². The summed E-state index contributed by atoms with van der Waals surface area (Å²) in [5.41, 5.74) is 0.103. The lowest BCUT2D eigenvalue weighted by Gasteiger charge is -2.11. The van der Waals surface area contributed by atoms with Crippen LogP contribution in [0.15, 0.2) is 54.2 Å². The van der Waals surface area contributed by atoms with E-state index < -0.39 is 22.7 Å². The lowest BCUT2D eigenvalue weighted by Crippen LogP contribution is -2.15. The largest absolute Gasteiger partial charge is 0.417 e. The molecular formula is C18H13ClF3N3O. The fourth-order valence-electron chi connectivity index (χ4n) is 2.05. The highest BCUT2D eigenvalue weighted by Gasteiger charge is 2.33. The summed E-state index contributed by atoms with van der Waals surface area (Å²) in [4.78, 5) is 12.1. The minimum atomic E-state index is -4.65. The van der Waals surface area contributed by atoms with Crippen LogP contribution in [0.5, 0.6) is 0 Å². The zero-order chi connectivity index (χ0) is 19.3. The number of halogens is 4. The van der Waals surface area contributed by atoms with E-state index in [0.717, 1.165) is 11.6 Å². The third-order valence-electron chi connectivity index (χ3n) is 3.41. The molecule has 26 heavy (non-hydrogen) atoms. The van der Waals surface area contributed by atoms with Gasteiger partial charge in [-0.2, -0.15) is 18.4 Å². The number of carbonyl (C=O) groups is 1. The lowest BCUT2D eigenvalue weighted by molar-refractivity contribution is -0.137. The Balaban J connectivity index is 2.19. The normalized spacial score (nSPS) is 11.6. The highest BCUT2D eigenvalue weighted by atomic mass is 35.5. The van der Waals surface area contributed by atoms with Gasteiger partial charge < -0.3 is 10.6 Å². The molecule has 0 saturated carbocycles. The number of anilines is 2. The number of rotatable bonds is 4. The monoisotopic (exact) mass is 379 g/mol. The molecule has 2 aromatic rings. The Hall–Kier alpha value is -2.98. The van der Waals surface area contributed by atoms with Gasteiger partial charge in [0.05, 0.1) is 10.6 Å². The smallest absolute Gasteiger partial charge is 0.360 e. The number of alkyl halides is 3. The van der Waals surface area contributed by atoms with Gasteiger partial charge in [0, 0.05) is 17.6 Å². The van der Waals surface area contributed by atoms with Crippen LogP contribution in [0.2, 0.25) is 5.02 Å². The minimum Gasteiger partial charge on any atom is -0.360 e. The number of carbonyl (C=O) groups excluding carboxylic acids is 1. The Kier molecular flexibility index (Phi) is 5.90. The van der Waals surface area contributed by atoms with Crippen LogP contribution < -0.4 is 10.6 Å². The molecule has 0 aliphatic heterocycles. The quantitative estimate of drug-likeness (QED) is 0.572. The Morgan fingerprint density at radius 1 is 1.23 bits per heavy atom. The molecule has 8 heteroatoms. The van der Waals surface area contributed by atoms with E-state index in [0.29, 0.717) is 11.8 Å². The van der Waals surface area contributed by atoms with E-state index in [1.165, 1.54) is 12.3 Å². The molecule has 1 amide bonds. The summed E-state index contributed by atoms with van der Waals surface area (Å²) in [7, 11) is 0. The van der Waals surface area contributed by atoms with Gasteiger partial charge >= 0.3 is 6.18 Å². The van der Waals surface area contributed by atoms with Crippen molar-refractivity contribution in [2.45, 2.75) is 13.1 Å². The van der Waals surface area contributed by atoms with Gasteiger partial charge in [-0.1, -0.05) is 29.8 Å². The number of amides is 1. The van der Waals surface area contributed by atoms with Crippen LogP contribution in [0.25, 0.3) is 0 Å². The van der Waals surface area contributed by atoms with E-state index in [1.54, 1.807) is 18.2 Å². The fourth-order valence-corrected chi connectivity index (χ4v) is 2.28. The molecule has 0 heterocycles. The molecule has 4 nitrogen and oxygen atoms in total. The van der Waals surface area contributed by atoms with E-state index >= 15 is 0 Å². The number of para-hydroxylation sites is 1. The number of aryl methyl sites for hydroxylation is 1. The summed E-state index contributed by atoms with van der Waals surface area (Å²) in [6.07, 6.45) is -3.46. The molecule has 0 atom stereocenters. The summed E-state index contributed by atoms with van der Waals surface area (Å²) in [6, 6.07) is 11.9. The first-order chi connectivity index (χ1) is 12.2. The third-order valence-corrected chi connectivity index (χ3v) is 3.74. The second-order valence-electron chi connectivity index (χ2n) is 5.28. The number of hydrogen-bond donors (Lipinski definition) is 2. The van der Waals surface area contributed by atoms with Crippen molar-refractivity contribution in [1.29, 1.82) is 5.26 Å². The van der Waals surface area contributed by atoms with E-state index in [-0.39, 0.29) is 11.3 Å². The average Bonchev–Trinajstić information content (AvgIpc) is 2.57. The van der Waals surface area contributed by atoms with Crippen molar-refractivity contribution >= 4 is 28.9 Å². The molecule has 0 spiro atoms. The number of nitrogens with zero attached hydrogens (tertiary/aromatic N) is 1. The minimum absolute atomic E-state index is 0.122. The van der Waals surface area contributed by atoms with Crippen molar-refractivity contribution in [2.75, 3.05) is 10.6 Å². The van der Waals surface area contributed by atoms with E-state index in [2.05, 4.69) is 10.6 Å². The molecule has 0 fully saturated rings. The van der Waals surface area contributed by atoms with Crippen molar-refractivity contribution < 1.29 is 18.0 Å². The molecule has 2 rings (SSSR count). The van der Waals surface area contributed by atoms with Crippen LogP contribution in [0.1, 0.15) is 11.1 Å². The molecule has 0 bridgehead atoms. The molecule has 0 aliphatic carbocycles. The van der Waals surface area contributed by atoms with Crippen molar-refractivity contribution in [3.63, 3.8) is 0 Å². The molecular weight excluding hydrogens is 367 g/mol. The van der Waals surface area contributed by atoms with Crippen LogP contribution in [-0.2, 0) is 11.0 Å². The van der Waals surface area contributed by atoms with Crippen LogP contribution in [0, 0.1) is 18.3 Å². The highest BCUT2D eigenvalue weighted by Crippen LogP contribution is 2.36. The van der Waals surface area contributed by atoms with Crippen molar-refractivity contribution in [3.05, 3.63) is 70.4 Å². The summed E-state index contributed by atoms with van der Waals surface area (Å²) in [6.45, 7) is 1.84. The maximum Gasteiger partial charge on any atom is 0.417 e. The van der Waals surface area contributed by atoms with Crippen LogP contribution in [0.4, 0.5) is 24.5 Å². The number of hydrogen-bond acceptors (Lipinski definition) is 3. The molecule has 134 valence electrons. The SMILES string of the molecule is Cc1ccccc1N/C=C(/C#N)C(=O)Nc1ccc(Cl)c(C(F)(F)F)c1.